The lowest BCUT2D eigenvalue weighted by Crippen LogP contribution is -2.36. The van der Waals surface area contributed by atoms with Gasteiger partial charge in [-0.2, -0.15) is 0 Å². The number of likely N-dealkylation sites (tertiary alicyclic amines) is 1. The van der Waals surface area contributed by atoms with Gasteiger partial charge in [0, 0.05) is 19.5 Å². The second kappa shape index (κ2) is 8.08. The van der Waals surface area contributed by atoms with Crippen LogP contribution in [0.1, 0.15) is 24.0 Å². The minimum atomic E-state index is -1.05. The molecule has 2 atom stereocenters. The average Bonchev–Trinajstić information content (AvgIpc) is 3.01. The smallest absolute Gasteiger partial charge is 0.321 e. The van der Waals surface area contributed by atoms with E-state index in [1.807, 2.05) is 36.4 Å². The number of hydrogen-bond acceptors (Lipinski definition) is 2. The van der Waals surface area contributed by atoms with Gasteiger partial charge in [-0.1, -0.05) is 66.7 Å². The van der Waals surface area contributed by atoms with Crippen molar-refractivity contribution in [2.24, 2.45) is 0 Å². The van der Waals surface area contributed by atoms with E-state index in [9.17, 15) is 14.3 Å². The molecule has 3 nitrogen and oxygen atoms in total. The summed E-state index contributed by atoms with van der Waals surface area (Å²) in [7, 11) is 0. The Morgan fingerprint density at radius 3 is 2.16 bits per heavy atom. The highest BCUT2D eigenvalue weighted by atomic mass is 19.1. The van der Waals surface area contributed by atoms with E-state index >= 15 is 0 Å². The van der Waals surface area contributed by atoms with E-state index in [0.717, 1.165) is 16.7 Å². The highest BCUT2D eigenvalue weighted by molar-refractivity contribution is 5.79. The summed E-state index contributed by atoms with van der Waals surface area (Å²) < 4.78 is 13.6. The van der Waals surface area contributed by atoms with Crippen LogP contribution in [0.25, 0.3) is 5.57 Å². The molecule has 3 rings (SSSR count). The molecule has 4 heteroatoms. The third-order valence-electron chi connectivity index (χ3n) is 4.57. The van der Waals surface area contributed by atoms with Gasteiger partial charge in [0.2, 0.25) is 0 Å². The lowest BCUT2D eigenvalue weighted by Gasteiger charge is -2.20. The maximum Gasteiger partial charge on any atom is 0.321 e. The van der Waals surface area contributed by atoms with Crippen molar-refractivity contribution >= 4 is 11.5 Å². The molecule has 0 aromatic heterocycles. The van der Waals surface area contributed by atoms with Crippen molar-refractivity contribution in [1.82, 2.24) is 4.90 Å². The minimum Gasteiger partial charge on any atom is -0.480 e. The van der Waals surface area contributed by atoms with Gasteiger partial charge in [-0.05, 0) is 23.1 Å². The number of carboxylic acid groups (broad SMARTS) is 1. The molecule has 1 aliphatic rings. The zero-order chi connectivity index (χ0) is 17.6. The van der Waals surface area contributed by atoms with E-state index in [1.54, 1.807) is 4.90 Å². The zero-order valence-electron chi connectivity index (χ0n) is 14.0. The second-order valence-corrected chi connectivity index (χ2v) is 6.32. The molecule has 25 heavy (non-hydrogen) atoms. The zero-order valence-corrected chi connectivity index (χ0v) is 14.0. The van der Waals surface area contributed by atoms with Crippen LogP contribution >= 0.6 is 0 Å². The van der Waals surface area contributed by atoms with Crippen LogP contribution in [0.5, 0.6) is 0 Å². The molecular formula is C21H22FNO2. The lowest BCUT2D eigenvalue weighted by molar-refractivity contribution is -0.142. The first-order valence-corrected chi connectivity index (χ1v) is 8.57. The average molecular weight is 339 g/mol. The summed E-state index contributed by atoms with van der Waals surface area (Å²) in [6.45, 7) is 0.747. The van der Waals surface area contributed by atoms with Gasteiger partial charge in [0.15, 0.2) is 0 Å². The normalized spacial score (nSPS) is 20.4. The van der Waals surface area contributed by atoms with Gasteiger partial charge < -0.3 is 5.11 Å². The van der Waals surface area contributed by atoms with Crippen LogP contribution in [0.4, 0.5) is 4.39 Å². The minimum absolute atomic E-state index is 0.0866. The van der Waals surface area contributed by atoms with Gasteiger partial charge in [0.1, 0.15) is 12.2 Å². The van der Waals surface area contributed by atoms with Gasteiger partial charge >= 0.3 is 5.97 Å². The number of aliphatic carboxylic acids is 1. The van der Waals surface area contributed by atoms with Crippen LogP contribution < -0.4 is 0 Å². The monoisotopic (exact) mass is 339 g/mol. The molecule has 0 bridgehead atoms. The van der Waals surface area contributed by atoms with Gasteiger partial charge in [-0.25, -0.2) is 4.39 Å². The summed E-state index contributed by atoms with van der Waals surface area (Å²) in [5, 5.41) is 9.24. The van der Waals surface area contributed by atoms with Crippen LogP contribution in [0.15, 0.2) is 66.7 Å². The Hall–Kier alpha value is -2.46. The predicted molar refractivity (Wildman–Crippen MR) is 97.1 cm³/mol. The first-order chi connectivity index (χ1) is 12.1. The third kappa shape index (κ3) is 4.34. The van der Waals surface area contributed by atoms with Gasteiger partial charge in [-0.15, -0.1) is 0 Å². The molecule has 2 aromatic rings. The number of nitrogens with zero attached hydrogens (tertiary/aromatic N) is 1. The Morgan fingerprint density at radius 2 is 1.64 bits per heavy atom. The Labute approximate surface area is 147 Å². The summed E-state index contributed by atoms with van der Waals surface area (Å²) in [4.78, 5) is 13.0. The molecule has 0 spiro atoms. The van der Waals surface area contributed by atoms with Gasteiger partial charge in [0.25, 0.3) is 0 Å². The Kier molecular flexibility index (Phi) is 5.61. The molecule has 1 fully saturated rings. The van der Waals surface area contributed by atoms with E-state index in [2.05, 4.69) is 30.3 Å². The molecule has 1 N–H and O–H groups in total. The standard InChI is InChI=1S/C21H22FNO2/c22-18-14-20(21(24)25)23(15-18)13-7-12-19(16-8-3-1-4-9-16)17-10-5-2-6-11-17/h1-6,8-12,18,20H,7,13-15H2,(H,24,25)/t18-,20-/m0/s1. The molecule has 2 aromatic carbocycles. The molecule has 0 aliphatic carbocycles. The van der Waals surface area contributed by atoms with Crippen molar-refractivity contribution in [2.75, 3.05) is 13.1 Å². The Bertz CT molecular complexity index is 689. The lowest BCUT2D eigenvalue weighted by atomic mass is 9.97. The number of rotatable bonds is 6. The molecule has 0 saturated carbocycles. The summed E-state index contributed by atoms with van der Waals surface area (Å²) in [5.74, 6) is -0.935. The van der Waals surface area contributed by atoms with Crippen LogP contribution in [0.2, 0.25) is 0 Å². The Balaban J connectivity index is 1.77. The quantitative estimate of drug-likeness (QED) is 0.865. The van der Waals surface area contributed by atoms with Crippen LogP contribution in [-0.4, -0.2) is 41.3 Å². The van der Waals surface area contributed by atoms with Crippen molar-refractivity contribution in [2.45, 2.75) is 25.1 Å². The SMILES string of the molecule is O=C(O)[C@@H]1C[C@H](F)CN1CCC=C(c1ccccc1)c1ccccc1. The number of carboxylic acids is 1. The fourth-order valence-electron chi connectivity index (χ4n) is 3.36. The van der Waals surface area contributed by atoms with E-state index in [4.69, 9.17) is 0 Å². The molecule has 1 heterocycles. The number of benzene rings is 2. The maximum atomic E-state index is 13.6. The molecule has 0 unspecified atom stereocenters. The molecule has 1 saturated heterocycles. The molecule has 0 radical (unpaired) electrons. The van der Waals surface area contributed by atoms with E-state index in [-0.39, 0.29) is 13.0 Å². The first-order valence-electron chi connectivity index (χ1n) is 8.57. The van der Waals surface area contributed by atoms with Crippen LogP contribution in [0.3, 0.4) is 0 Å². The summed E-state index contributed by atoms with van der Waals surface area (Å²) >= 11 is 0. The van der Waals surface area contributed by atoms with Crippen LogP contribution in [-0.2, 0) is 4.79 Å². The van der Waals surface area contributed by atoms with Crippen molar-refractivity contribution < 1.29 is 14.3 Å². The number of alkyl halides is 1. The highest BCUT2D eigenvalue weighted by Gasteiger charge is 2.36. The molecule has 0 amide bonds. The van der Waals surface area contributed by atoms with Gasteiger partial charge in [0.05, 0.1) is 0 Å². The van der Waals surface area contributed by atoms with Crippen molar-refractivity contribution in [3.8, 4) is 0 Å². The van der Waals surface area contributed by atoms with E-state index in [0.29, 0.717) is 13.0 Å². The Morgan fingerprint density at radius 1 is 1.08 bits per heavy atom. The van der Waals surface area contributed by atoms with E-state index < -0.39 is 18.2 Å². The van der Waals surface area contributed by atoms with E-state index in [1.165, 1.54) is 0 Å². The van der Waals surface area contributed by atoms with Crippen molar-refractivity contribution in [1.29, 1.82) is 0 Å². The summed E-state index contributed by atoms with van der Waals surface area (Å²) in [6.07, 6.45) is 1.83. The molecule has 130 valence electrons. The summed E-state index contributed by atoms with van der Waals surface area (Å²) in [5.41, 5.74) is 3.35. The third-order valence-corrected chi connectivity index (χ3v) is 4.57. The maximum absolute atomic E-state index is 13.6. The number of hydrogen-bond donors (Lipinski definition) is 1. The van der Waals surface area contributed by atoms with Gasteiger partial charge in [-0.3, -0.25) is 9.69 Å². The summed E-state index contributed by atoms with van der Waals surface area (Å²) in [6, 6.07) is 19.5. The second-order valence-electron chi connectivity index (χ2n) is 6.32. The number of carbonyl (C=O) groups is 1. The molecular weight excluding hydrogens is 317 g/mol. The van der Waals surface area contributed by atoms with Crippen molar-refractivity contribution in [3.63, 3.8) is 0 Å². The first kappa shape index (κ1) is 17.4. The largest absolute Gasteiger partial charge is 0.480 e. The fourth-order valence-corrected chi connectivity index (χ4v) is 3.36. The molecule has 1 aliphatic heterocycles. The topological polar surface area (TPSA) is 40.5 Å². The van der Waals surface area contributed by atoms with Crippen molar-refractivity contribution in [3.05, 3.63) is 77.9 Å². The number of halogens is 1. The fraction of sp³-hybridized carbons (Fsp3) is 0.286. The van der Waals surface area contributed by atoms with Crippen LogP contribution in [0, 0.1) is 0 Å². The highest BCUT2D eigenvalue weighted by Crippen LogP contribution is 2.25. The predicted octanol–water partition coefficient (Wildman–Crippen LogP) is 4.01.